The van der Waals surface area contributed by atoms with Crippen molar-refractivity contribution >= 4 is 23.2 Å². The van der Waals surface area contributed by atoms with Gasteiger partial charge < -0.3 is 19.4 Å². The molecule has 6 nitrogen and oxygen atoms in total. The molecule has 1 saturated heterocycles. The van der Waals surface area contributed by atoms with Crippen molar-refractivity contribution < 1.29 is 27.5 Å². The van der Waals surface area contributed by atoms with Gasteiger partial charge in [-0.2, -0.15) is 0 Å². The van der Waals surface area contributed by atoms with Gasteiger partial charge in [-0.15, -0.1) is 0 Å². The molecule has 0 aromatic heterocycles. The summed E-state index contributed by atoms with van der Waals surface area (Å²) in [5, 5.41) is 0. The van der Waals surface area contributed by atoms with Gasteiger partial charge in [0, 0.05) is 57.2 Å². The van der Waals surface area contributed by atoms with Crippen molar-refractivity contribution in [2.75, 3.05) is 36.5 Å². The largest absolute Gasteiger partial charge is 0.494 e. The molecule has 2 fully saturated rings. The van der Waals surface area contributed by atoms with E-state index in [4.69, 9.17) is 4.74 Å². The smallest absolute Gasteiger partial charge is 0.258 e. The maximum Gasteiger partial charge on any atom is 0.258 e. The molecular formula is C28H34F3N3O3. The van der Waals surface area contributed by atoms with Crippen LogP contribution in [0.4, 0.5) is 24.5 Å². The zero-order chi connectivity index (χ0) is 26.7. The second-order valence-corrected chi connectivity index (χ2v) is 9.96. The SMILES string of the molecule is CCCCOc1ccc(C(=O)N(C)c2ccc(N3CCC(N(C(C)=O)C4CC(F)(F)C4)C3)c(F)c2)cc1. The molecule has 2 aromatic carbocycles. The first-order chi connectivity index (χ1) is 17.6. The molecular weight excluding hydrogens is 483 g/mol. The normalized spacial score (nSPS) is 18.9. The predicted octanol–water partition coefficient (Wildman–Crippen LogP) is 5.51. The quantitative estimate of drug-likeness (QED) is 0.412. The van der Waals surface area contributed by atoms with Crippen molar-refractivity contribution in [3.63, 3.8) is 0 Å². The summed E-state index contributed by atoms with van der Waals surface area (Å²) in [5.41, 5.74) is 1.23. The standard InChI is InChI=1S/C28H34F3N3O3/c1-4-5-14-37-24-9-6-20(7-10-24)27(36)32(3)21-8-11-26(25(29)15-21)33-13-12-22(18-33)34(19(2)35)23-16-28(30,31)17-23/h6-11,15,22-23H,4-5,12-14,16-18H2,1-3H3. The number of hydrogen-bond donors (Lipinski definition) is 0. The lowest BCUT2D eigenvalue weighted by Crippen LogP contribution is -2.56. The van der Waals surface area contributed by atoms with Gasteiger partial charge >= 0.3 is 0 Å². The number of amides is 2. The number of carbonyl (C=O) groups excluding carboxylic acids is 2. The van der Waals surface area contributed by atoms with E-state index in [1.54, 1.807) is 48.3 Å². The Hall–Kier alpha value is -3.23. The van der Waals surface area contributed by atoms with Crippen LogP contribution in [0, 0.1) is 5.82 Å². The lowest BCUT2D eigenvalue weighted by Gasteiger charge is -2.45. The molecule has 9 heteroatoms. The van der Waals surface area contributed by atoms with E-state index in [1.807, 2.05) is 4.90 Å². The number of carbonyl (C=O) groups is 2. The molecule has 200 valence electrons. The first-order valence-electron chi connectivity index (χ1n) is 12.8. The van der Waals surface area contributed by atoms with Crippen molar-refractivity contribution in [3.8, 4) is 5.75 Å². The Morgan fingerprint density at radius 1 is 1.11 bits per heavy atom. The number of benzene rings is 2. The minimum atomic E-state index is -2.72. The van der Waals surface area contributed by atoms with Gasteiger partial charge in [-0.3, -0.25) is 9.59 Å². The summed E-state index contributed by atoms with van der Waals surface area (Å²) in [5.74, 6) is -3.01. The van der Waals surface area contributed by atoms with Crippen LogP contribution in [-0.2, 0) is 4.79 Å². The highest BCUT2D eigenvalue weighted by Gasteiger charge is 2.50. The van der Waals surface area contributed by atoms with E-state index in [0.29, 0.717) is 48.8 Å². The van der Waals surface area contributed by atoms with Gasteiger partial charge in [-0.25, -0.2) is 13.2 Å². The summed E-state index contributed by atoms with van der Waals surface area (Å²) in [7, 11) is 1.59. The maximum atomic E-state index is 15.2. The van der Waals surface area contributed by atoms with Crippen LogP contribution in [0.25, 0.3) is 0 Å². The van der Waals surface area contributed by atoms with Crippen LogP contribution < -0.4 is 14.5 Å². The van der Waals surface area contributed by atoms with E-state index in [9.17, 15) is 18.4 Å². The molecule has 37 heavy (non-hydrogen) atoms. The molecule has 0 bridgehead atoms. The molecule has 1 atom stereocenters. The Labute approximate surface area is 216 Å². The average Bonchev–Trinajstić information content (AvgIpc) is 3.31. The third kappa shape index (κ3) is 6.02. The number of nitrogens with zero attached hydrogens (tertiary/aromatic N) is 3. The van der Waals surface area contributed by atoms with Gasteiger partial charge in [0.15, 0.2) is 0 Å². The van der Waals surface area contributed by atoms with Crippen molar-refractivity contribution in [1.82, 2.24) is 4.90 Å². The Morgan fingerprint density at radius 2 is 1.81 bits per heavy atom. The van der Waals surface area contributed by atoms with Crippen LogP contribution in [-0.4, -0.2) is 61.5 Å². The van der Waals surface area contributed by atoms with Gasteiger partial charge in [0.05, 0.1) is 18.3 Å². The average molecular weight is 518 g/mol. The second kappa shape index (κ2) is 11.0. The molecule has 1 saturated carbocycles. The van der Waals surface area contributed by atoms with E-state index in [1.165, 1.54) is 17.9 Å². The Morgan fingerprint density at radius 3 is 2.41 bits per heavy atom. The Bertz CT molecular complexity index is 1120. The number of ether oxygens (including phenoxy) is 1. The predicted molar refractivity (Wildman–Crippen MR) is 137 cm³/mol. The molecule has 2 aliphatic rings. The minimum Gasteiger partial charge on any atom is -0.494 e. The maximum absolute atomic E-state index is 15.2. The third-order valence-corrected chi connectivity index (χ3v) is 7.21. The monoisotopic (exact) mass is 517 g/mol. The number of rotatable bonds is 9. The summed E-state index contributed by atoms with van der Waals surface area (Å²) in [4.78, 5) is 29.9. The van der Waals surface area contributed by atoms with Gasteiger partial charge in [0.25, 0.3) is 11.8 Å². The molecule has 1 unspecified atom stereocenters. The molecule has 0 spiro atoms. The van der Waals surface area contributed by atoms with Crippen molar-refractivity contribution in [2.24, 2.45) is 0 Å². The zero-order valence-electron chi connectivity index (χ0n) is 21.6. The summed E-state index contributed by atoms with van der Waals surface area (Å²) < 4.78 is 47.6. The molecule has 0 radical (unpaired) electrons. The molecule has 1 aliphatic carbocycles. The summed E-state index contributed by atoms with van der Waals surface area (Å²) in [6, 6.07) is 10.8. The first kappa shape index (κ1) is 26.8. The number of halogens is 3. The number of anilines is 2. The zero-order valence-corrected chi connectivity index (χ0v) is 21.6. The van der Waals surface area contributed by atoms with E-state index in [0.717, 1.165) is 12.8 Å². The summed E-state index contributed by atoms with van der Waals surface area (Å²) in [6.45, 7) is 4.99. The van der Waals surface area contributed by atoms with Gasteiger partial charge in [0.2, 0.25) is 5.91 Å². The first-order valence-corrected chi connectivity index (χ1v) is 12.8. The number of unbranched alkanes of at least 4 members (excludes halogenated alkanes) is 1. The topological polar surface area (TPSA) is 53.1 Å². The Balaban J connectivity index is 1.40. The van der Waals surface area contributed by atoms with Crippen LogP contribution in [0.5, 0.6) is 5.75 Å². The lowest BCUT2D eigenvalue weighted by molar-refractivity contribution is -0.155. The second-order valence-electron chi connectivity index (χ2n) is 9.96. The number of alkyl halides is 2. The summed E-state index contributed by atoms with van der Waals surface area (Å²) in [6.07, 6.45) is 1.94. The molecule has 2 amide bonds. The van der Waals surface area contributed by atoms with Crippen molar-refractivity contribution in [2.45, 2.75) is 64.0 Å². The van der Waals surface area contributed by atoms with E-state index in [2.05, 4.69) is 6.92 Å². The van der Waals surface area contributed by atoms with Crippen molar-refractivity contribution in [3.05, 3.63) is 53.8 Å². The fraction of sp³-hybridized carbons (Fsp3) is 0.500. The lowest BCUT2D eigenvalue weighted by atomic mass is 9.85. The van der Waals surface area contributed by atoms with Crippen LogP contribution >= 0.6 is 0 Å². The fourth-order valence-corrected chi connectivity index (χ4v) is 5.13. The molecule has 2 aromatic rings. The van der Waals surface area contributed by atoms with Crippen LogP contribution in [0.15, 0.2) is 42.5 Å². The highest BCUT2D eigenvalue weighted by atomic mass is 19.3. The fourth-order valence-electron chi connectivity index (χ4n) is 5.13. The van der Waals surface area contributed by atoms with Gasteiger partial charge in [-0.05, 0) is 55.3 Å². The number of hydrogen-bond acceptors (Lipinski definition) is 4. The highest BCUT2D eigenvalue weighted by molar-refractivity contribution is 6.05. The van der Waals surface area contributed by atoms with Crippen LogP contribution in [0.3, 0.4) is 0 Å². The molecule has 0 N–H and O–H groups in total. The Kier molecular flexibility index (Phi) is 7.99. The molecule has 1 aliphatic heterocycles. The van der Waals surface area contributed by atoms with E-state index >= 15 is 4.39 Å². The van der Waals surface area contributed by atoms with E-state index < -0.39 is 17.8 Å². The van der Waals surface area contributed by atoms with Crippen LogP contribution in [0.1, 0.15) is 56.3 Å². The van der Waals surface area contributed by atoms with Crippen LogP contribution in [0.2, 0.25) is 0 Å². The molecule has 1 heterocycles. The third-order valence-electron chi connectivity index (χ3n) is 7.21. The van der Waals surface area contributed by atoms with Gasteiger partial charge in [0.1, 0.15) is 11.6 Å². The minimum absolute atomic E-state index is 0.233. The molecule has 4 rings (SSSR count). The highest BCUT2D eigenvalue weighted by Crippen LogP contribution is 2.42. The van der Waals surface area contributed by atoms with Gasteiger partial charge in [-0.1, -0.05) is 13.3 Å². The van der Waals surface area contributed by atoms with Crippen molar-refractivity contribution in [1.29, 1.82) is 0 Å². The van der Waals surface area contributed by atoms with E-state index in [-0.39, 0.29) is 30.7 Å². The summed E-state index contributed by atoms with van der Waals surface area (Å²) >= 11 is 0.